The van der Waals surface area contributed by atoms with E-state index in [1.807, 2.05) is 36.0 Å². The predicted molar refractivity (Wildman–Crippen MR) is 80.4 cm³/mol. The Morgan fingerprint density at radius 2 is 2.19 bits per heavy atom. The quantitative estimate of drug-likeness (QED) is 0.654. The highest BCUT2D eigenvalue weighted by molar-refractivity contribution is 5.48. The molecule has 6 nitrogen and oxygen atoms in total. The lowest BCUT2D eigenvalue weighted by Crippen LogP contribution is -2.07. The Labute approximate surface area is 123 Å². The molecule has 0 aliphatic heterocycles. The molecule has 21 heavy (non-hydrogen) atoms. The highest BCUT2D eigenvalue weighted by Gasteiger charge is 2.15. The summed E-state index contributed by atoms with van der Waals surface area (Å²) in [6.07, 6.45) is 4.78. The molecule has 1 aromatic carbocycles. The Morgan fingerprint density at radius 1 is 1.43 bits per heavy atom. The number of nitro benzene ring substituents is 1. The molecule has 0 amide bonds. The lowest BCUT2D eigenvalue weighted by Gasteiger charge is -2.07. The molecule has 0 aliphatic carbocycles. The highest BCUT2D eigenvalue weighted by atomic mass is 16.6. The van der Waals surface area contributed by atoms with E-state index >= 15 is 0 Å². The van der Waals surface area contributed by atoms with Gasteiger partial charge in [-0.05, 0) is 29.7 Å². The normalized spacial score (nSPS) is 12.1. The molecule has 1 atom stereocenters. The van der Waals surface area contributed by atoms with Crippen LogP contribution in [0.5, 0.6) is 5.75 Å². The van der Waals surface area contributed by atoms with Crippen molar-refractivity contribution in [3.05, 3.63) is 57.9 Å². The molecule has 6 heteroatoms. The minimum Gasteiger partial charge on any atom is -0.490 e. The number of hydrogen-bond donors (Lipinski definition) is 1. The Kier molecular flexibility index (Phi) is 4.59. The smallest absolute Gasteiger partial charge is 0.311 e. The summed E-state index contributed by atoms with van der Waals surface area (Å²) >= 11 is 0. The summed E-state index contributed by atoms with van der Waals surface area (Å²) in [4.78, 5) is 10.6. The summed E-state index contributed by atoms with van der Waals surface area (Å²) in [6, 6.07) is 6.99. The monoisotopic (exact) mass is 289 g/mol. The third-order valence-corrected chi connectivity index (χ3v) is 3.45. The zero-order valence-electron chi connectivity index (χ0n) is 12.2. The van der Waals surface area contributed by atoms with Gasteiger partial charge in [-0.1, -0.05) is 13.0 Å². The predicted octanol–water partition coefficient (Wildman–Crippen LogP) is 2.86. The number of hydrogen-bond acceptors (Lipinski definition) is 4. The van der Waals surface area contributed by atoms with Crippen molar-refractivity contribution in [2.75, 3.05) is 7.11 Å². The summed E-state index contributed by atoms with van der Waals surface area (Å²) < 4.78 is 6.97. The van der Waals surface area contributed by atoms with Crippen molar-refractivity contribution in [2.24, 2.45) is 5.73 Å². The largest absolute Gasteiger partial charge is 0.490 e. The van der Waals surface area contributed by atoms with Gasteiger partial charge in [0.05, 0.1) is 12.0 Å². The van der Waals surface area contributed by atoms with Crippen LogP contribution < -0.4 is 10.5 Å². The number of aromatic nitrogens is 1. The van der Waals surface area contributed by atoms with Gasteiger partial charge in [0.1, 0.15) is 0 Å². The third-order valence-electron chi connectivity index (χ3n) is 3.45. The van der Waals surface area contributed by atoms with E-state index in [-0.39, 0.29) is 17.5 Å². The number of methoxy groups -OCH3 is 1. The molecule has 112 valence electrons. The molecule has 0 bridgehead atoms. The second-order valence-corrected chi connectivity index (χ2v) is 4.90. The summed E-state index contributed by atoms with van der Waals surface area (Å²) in [7, 11) is 1.42. The van der Waals surface area contributed by atoms with Crippen LogP contribution in [-0.2, 0) is 6.54 Å². The van der Waals surface area contributed by atoms with E-state index in [0.717, 1.165) is 17.5 Å². The molecule has 2 aromatic rings. The van der Waals surface area contributed by atoms with Gasteiger partial charge in [-0.25, -0.2) is 0 Å². The van der Waals surface area contributed by atoms with Crippen LogP contribution >= 0.6 is 0 Å². The van der Waals surface area contributed by atoms with Gasteiger partial charge in [-0.15, -0.1) is 0 Å². The first-order valence-corrected chi connectivity index (χ1v) is 6.77. The Morgan fingerprint density at radius 3 is 2.81 bits per heavy atom. The molecule has 2 rings (SSSR count). The van der Waals surface area contributed by atoms with Gasteiger partial charge in [0.2, 0.25) is 0 Å². The average Bonchev–Trinajstić information content (AvgIpc) is 2.94. The maximum Gasteiger partial charge on any atom is 0.311 e. The first-order chi connectivity index (χ1) is 10.0. The van der Waals surface area contributed by atoms with Gasteiger partial charge in [-0.3, -0.25) is 10.1 Å². The molecule has 1 unspecified atom stereocenters. The maximum atomic E-state index is 11.0. The van der Waals surface area contributed by atoms with Gasteiger partial charge in [-0.2, -0.15) is 0 Å². The van der Waals surface area contributed by atoms with E-state index in [4.69, 9.17) is 10.5 Å². The van der Waals surface area contributed by atoms with Crippen LogP contribution in [0.3, 0.4) is 0 Å². The van der Waals surface area contributed by atoms with Crippen LogP contribution in [0.1, 0.15) is 30.5 Å². The SMILES string of the molecule is CCC(N)c1ccn(Cc2ccc(OC)c([N+](=O)[O-])c2)c1. The highest BCUT2D eigenvalue weighted by Crippen LogP contribution is 2.28. The van der Waals surface area contributed by atoms with E-state index in [1.54, 1.807) is 6.07 Å². The third kappa shape index (κ3) is 3.41. The maximum absolute atomic E-state index is 11.0. The van der Waals surface area contributed by atoms with Gasteiger partial charge in [0.15, 0.2) is 5.75 Å². The van der Waals surface area contributed by atoms with E-state index in [1.165, 1.54) is 13.2 Å². The minimum absolute atomic E-state index is 0.0207. The van der Waals surface area contributed by atoms with Gasteiger partial charge >= 0.3 is 5.69 Å². The molecular weight excluding hydrogens is 270 g/mol. The van der Waals surface area contributed by atoms with Crippen LogP contribution in [0.2, 0.25) is 0 Å². The van der Waals surface area contributed by atoms with E-state index < -0.39 is 4.92 Å². The van der Waals surface area contributed by atoms with Crippen LogP contribution in [0, 0.1) is 10.1 Å². The number of rotatable bonds is 6. The number of nitro groups is 1. The van der Waals surface area contributed by atoms with Crippen molar-refractivity contribution in [2.45, 2.75) is 25.9 Å². The van der Waals surface area contributed by atoms with Gasteiger partial charge in [0.25, 0.3) is 0 Å². The molecule has 1 aromatic heterocycles. The molecule has 0 saturated carbocycles. The Bertz CT molecular complexity index is 637. The van der Waals surface area contributed by atoms with E-state index in [9.17, 15) is 10.1 Å². The molecule has 0 aliphatic rings. The van der Waals surface area contributed by atoms with Crippen LogP contribution in [0.4, 0.5) is 5.69 Å². The van der Waals surface area contributed by atoms with Gasteiger partial charge < -0.3 is 15.0 Å². The average molecular weight is 289 g/mol. The lowest BCUT2D eigenvalue weighted by atomic mass is 10.1. The minimum atomic E-state index is -0.434. The van der Waals surface area contributed by atoms with E-state index in [0.29, 0.717) is 6.54 Å². The Hall–Kier alpha value is -2.34. The molecule has 0 fully saturated rings. The second-order valence-electron chi connectivity index (χ2n) is 4.90. The summed E-state index contributed by atoms with van der Waals surface area (Å²) in [5.41, 5.74) is 7.88. The molecular formula is C15H19N3O3. The summed E-state index contributed by atoms with van der Waals surface area (Å²) in [5.74, 6) is 0.268. The lowest BCUT2D eigenvalue weighted by molar-refractivity contribution is -0.385. The first kappa shape index (κ1) is 15.1. The van der Waals surface area contributed by atoms with Crippen molar-refractivity contribution in [1.82, 2.24) is 4.57 Å². The summed E-state index contributed by atoms with van der Waals surface area (Å²) in [6.45, 7) is 2.59. The topological polar surface area (TPSA) is 83.3 Å². The molecule has 0 radical (unpaired) electrons. The van der Waals surface area contributed by atoms with Crippen LogP contribution in [0.25, 0.3) is 0 Å². The first-order valence-electron chi connectivity index (χ1n) is 6.77. The number of nitrogens with zero attached hydrogens (tertiary/aromatic N) is 2. The molecule has 1 heterocycles. The van der Waals surface area contributed by atoms with Crippen molar-refractivity contribution in [3.63, 3.8) is 0 Å². The summed E-state index contributed by atoms with van der Waals surface area (Å²) in [5, 5.41) is 11.0. The van der Waals surface area contributed by atoms with Crippen molar-refractivity contribution >= 4 is 5.69 Å². The fraction of sp³-hybridized carbons (Fsp3) is 0.333. The molecule has 0 spiro atoms. The Balaban J connectivity index is 2.21. The van der Waals surface area contributed by atoms with Crippen LogP contribution in [-0.4, -0.2) is 16.6 Å². The van der Waals surface area contributed by atoms with Crippen LogP contribution in [0.15, 0.2) is 36.7 Å². The van der Waals surface area contributed by atoms with E-state index in [2.05, 4.69) is 0 Å². The zero-order valence-corrected chi connectivity index (χ0v) is 12.2. The number of ether oxygens (including phenoxy) is 1. The fourth-order valence-corrected chi connectivity index (χ4v) is 2.20. The molecule has 0 saturated heterocycles. The van der Waals surface area contributed by atoms with Crippen molar-refractivity contribution in [3.8, 4) is 5.75 Å². The number of nitrogens with two attached hydrogens (primary N) is 1. The zero-order chi connectivity index (χ0) is 15.4. The number of benzene rings is 1. The van der Waals surface area contributed by atoms with Crippen molar-refractivity contribution < 1.29 is 9.66 Å². The fourth-order valence-electron chi connectivity index (χ4n) is 2.20. The second kappa shape index (κ2) is 6.41. The standard InChI is InChI=1S/C15H19N3O3/c1-3-13(16)12-6-7-17(10-12)9-11-4-5-15(21-2)14(8-11)18(19)20/h4-8,10,13H,3,9,16H2,1-2H3. The molecule has 2 N–H and O–H groups in total. The van der Waals surface area contributed by atoms with Crippen molar-refractivity contribution in [1.29, 1.82) is 0 Å². The van der Waals surface area contributed by atoms with Gasteiger partial charge in [0, 0.05) is 31.0 Å².